The number of carbonyl (C=O) groups is 1. The molecule has 8 rings (SSSR count). The monoisotopic (exact) mass is 885 g/mol. The van der Waals surface area contributed by atoms with E-state index in [2.05, 4.69) is 24.8 Å². The molecule has 12 nitrogen and oxygen atoms in total. The molecule has 334 valence electrons. The van der Waals surface area contributed by atoms with Crippen LogP contribution in [0.3, 0.4) is 0 Å². The van der Waals surface area contributed by atoms with E-state index < -0.39 is 17.7 Å². The van der Waals surface area contributed by atoms with Crippen molar-refractivity contribution in [1.82, 2.24) is 4.90 Å². The molecule has 0 spiro atoms. The van der Waals surface area contributed by atoms with Gasteiger partial charge in [-0.15, -0.1) is 18.3 Å². The summed E-state index contributed by atoms with van der Waals surface area (Å²) < 4.78 is 32.6. The summed E-state index contributed by atoms with van der Waals surface area (Å²) in [7, 11) is 1.53. The van der Waals surface area contributed by atoms with E-state index in [1.807, 2.05) is 60.9 Å². The average molecular weight is 886 g/mol. The first-order chi connectivity index (χ1) is 31.3. The summed E-state index contributed by atoms with van der Waals surface area (Å²) >= 11 is 1.67. The summed E-state index contributed by atoms with van der Waals surface area (Å²) in [6.45, 7) is 4.59. The molecular weight excluding hydrogens is 831 g/mol. The molecule has 2 N–H and O–H groups in total. The lowest BCUT2D eigenvalue weighted by Gasteiger charge is -2.60. The number of benzene rings is 4. The molecule has 64 heavy (non-hydrogen) atoms. The first-order valence-corrected chi connectivity index (χ1v) is 23.2. The number of thioether (sulfide) groups is 1. The summed E-state index contributed by atoms with van der Waals surface area (Å²) in [6, 6.07) is 27.6. The summed E-state index contributed by atoms with van der Waals surface area (Å²) in [4.78, 5) is 23.9. The number of oxime groups is 1. The van der Waals surface area contributed by atoms with Crippen LogP contribution >= 0.6 is 11.8 Å². The van der Waals surface area contributed by atoms with Gasteiger partial charge in [-0.25, -0.2) is 0 Å². The average Bonchev–Trinajstić information content (AvgIpc) is 3.80. The highest BCUT2D eigenvalue weighted by Crippen LogP contribution is 2.62. The zero-order valence-electron chi connectivity index (χ0n) is 36.3. The molecule has 1 saturated carbocycles. The van der Waals surface area contributed by atoms with Crippen molar-refractivity contribution in [3.05, 3.63) is 131 Å². The van der Waals surface area contributed by atoms with Gasteiger partial charge in [0.25, 0.3) is 5.91 Å². The fraction of sp³-hybridized carbons (Fsp3) is 0.392. The number of carbonyl (C=O) groups excluding carboxylic acids is 1. The minimum Gasteiger partial charge on any atom is -0.459 e. The van der Waals surface area contributed by atoms with Gasteiger partial charge < -0.3 is 43.6 Å². The first kappa shape index (κ1) is 44.8. The van der Waals surface area contributed by atoms with Gasteiger partial charge in [-0.2, -0.15) is 5.26 Å². The van der Waals surface area contributed by atoms with Crippen LogP contribution in [-0.2, 0) is 16.1 Å². The van der Waals surface area contributed by atoms with Crippen LogP contribution in [0.5, 0.6) is 28.7 Å². The molecule has 4 aromatic carbocycles. The van der Waals surface area contributed by atoms with Crippen molar-refractivity contribution in [3.8, 4) is 34.8 Å². The number of hydrogen-bond acceptors (Lipinski definition) is 12. The third kappa shape index (κ3) is 9.10. The Morgan fingerprint density at radius 1 is 0.953 bits per heavy atom. The van der Waals surface area contributed by atoms with E-state index in [1.165, 1.54) is 7.11 Å². The first-order valence-electron chi connectivity index (χ1n) is 22.0. The third-order valence-electron chi connectivity index (χ3n) is 12.8. The van der Waals surface area contributed by atoms with Gasteiger partial charge in [0.05, 0.1) is 29.9 Å². The van der Waals surface area contributed by atoms with Crippen molar-refractivity contribution in [3.63, 3.8) is 0 Å². The fourth-order valence-corrected chi connectivity index (χ4v) is 10.4. The number of nitriles is 1. The van der Waals surface area contributed by atoms with Gasteiger partial charge in [0.15, 0.2) is 11.5 Å². The Balaban J connectivity index is 1.34. The maximum atomic E-state index is 15.3. The minimum absolute atomic E-state index is 0.0311. The highest BCUT2D eigenvalue weighted by atomic mass is 32.2. The van der Waals surface area contributed by atoms with Crippen molar-refractivity contribution in [1.29, 1.82) is 5.26 Å². The van der Waals surface area contributed by atoms with Crippen LogP contribution in [0.2, 0.25) is 0 Å². The van der Waals surface area contributed by atoms with Gasteiger partial charge in [-0.1, -0.05) is 36.2 Å². The Morgan fingerprint density at radius 3 is 2.41 bits per heavy atom. The number of aliphatic hydroxyl groups excluding tert-OH is 2. The van der Waals surface area contributed by atoms with Gasteiger partial charge in [-0.3, -0.25) is 4.79 Å². The third-order valence-corrected chi connectivity index (χ3v) is 13.6. The maximum absolute atomic E-state index is 15.3. The normalized spacial score (nSPS) is 23.2. The number of allylic oxidation sites excluding steroid dienone is 1. The molecule has 0 bridgehead atoms. The zero-order valence-corrected chi connectivity index (χ0v) is 37.1. The molecule has 0 radical (unpaired) electrons. The summed E-state index contributed by atoms with van der Waals surface area (Å²) in [5.74, 6) is 0.755. The van der Waals surface area contributed by atoms with Crippen molar-refractivity contribution in [2.24, 2.45) is 22.9 Å². The number of rotatable bonds is 19. The molecule has 4 aromatic rings. The number of hydrogen-bond donors (Lipinski definition) is 2. The molecule has 2 aliphatic heterocycles. The van der Waals surface area contributed by atoms with E-state index in [0.717, 1.165) is 47.3 Å². The lowest BCUT2D eigenvalue weighted by Crippen LogP contribution is -2.70. The van der Waals surface area contributed by atoms with Gasteiger partial charge in [0.1, 0.15) is 30.4 Å². The van der Waals surface area contributed by atoms with Crippen LogP contribution in [0.15, 0.2) is 119 Å². The zero-order chi connectivity index (χ0) is 44.6. The van der Waals surface area contributed by atoms with Crippen molar-refractivity contribution >= 4 is 23.4 Å². The van der Waals surface area contributed by atoms with Crippen LogP contribution < -0.4 is 18.9 Å². The van der Waals surface area contributed by atoms with E-state index in [9.17, 15) is 15.5 Å². The molecule has 0 unspecified atom stereocenters. The van der Waals surface area contributed by atoms with Crippen molar-refractivity contribution in [2.75, 3.05) is 40.0 Å². The Bertz CT molecular complexity index is 2400. The predicted octanol–water partition coefficient (Wildman–Crippen LogP) is 9.41. The number of aliphatic hydroxyl groups is 2. The van der Waals surface area contributed by atoms with Crippen LogP contribution in [-0.4, -0.2) is 78.5 Å². The number of ether oxygens (including phenoxy) is 5. The molecule has 13 heteroatoms. The Kier molecular flexibility index (Phi) is 14.3. The lowest BCUT2D eigenvalue weighted by atomic mass is 9.55. The molecule has 6 atom stereocenters. The highest BCUT2D eigenvalue weighted by molar-refractivity contribution is 7.98. The van der Waals surface area contributed by atoms with Crippen LogP contribution in [0.4, 0.5) is 0 Å². The molecule has 2 aliphatic carbocycles. The van der Waals surface area contributed by atoms with Crippen LogP contribution in [0.25, 0.3) is 0 Å². The number of amides is 1. The Morgan fingerprint density at radius 2 is 1.69 bits per heavy atom. The second-order valence-corrected chi connectivity index (χ2v) is 17.4. The van der Waals surface area contributed by atoms with Crippen molar-refractivity contribution < 1.29 is 43.5 Å². The quantitative estimate of drug-likeness (QED) is 0.0401. The summed E-state index contributed by atoms with van der Waals surface area (Å²) in [5.41, 5.74) is 4.18. The van der Waals surface area contributed by atoms with Crippen LogP contribution in [0.1, 0.15) is 77.9 Å². The maximum Gasteiger partial charge on any atom is 0.254 e. The summed E-state index contributed by atoms with van der Waals surface area (Å²) in [5, 5.41) is 34.3. The Hall–Kier alpha value is -5.78. The molecule has 0 saturated heterocycles. The van der Waals surface area contributed by atoms with Crippen molar-refractivity contribution in [2.45, 2.75) is 74.1 Å². The fourth-order valence-electron chi connectivity index (χ4n) is 10.0. The molecular formula is C51H55N3O9S. The van der Waals surface area contributed by atoms with Gasteiger partial charge in [-0.05, 0) is 134 Å². The van der Waals surface area contributed by atoms with E-state index >= 15 is 4.79 Å². The molecule has 4 aliphatic rings. The number of fused-ring (bicyclic) bond motifs is 3. The topological polar surface area (TPSA) is 152 Å². The molecule has 0 aromatic heterocycles. The Labute approximate surface area is 379 Å². The standard InChI is InChI=1S/C51H55N3O9S/c1-4-25-61-51-47(54(50(57)35-14-11-33(30-52)12-15-35)31-34-13-21-45-46(26-34)60-32-59-45)29-43(53-58-2)41-27-36(9-5-7-23-55)40(10-6-8-24-56)48(49(41)51)42-28-38(18-22-44(42)63-51)62-37-16-19-39(64-3)20-17-37/h4,11-22,26-28,36,40,47-49,55-56H,1,5-10,23-25,29,31-32H2,2-3H3/t36-,40+,47-,48+,49+,51+/m0/s1. The predicted molar refractivity (Wildman–Crippen MR) is 244 cm³/mol. The molecule has 1 amide bonds. The van der Waals surface area contributed by atoms with E-state index in [1.54, 1.807) is 47.0 Å². The smallest absolute Gasteiger partial charge is 0.254 e. The van der Waals surface area contributed by atoms with E-state index in [0.29, 0.717) is 58.4 Å². The number of nitrogens with zero attached hydrogens (tertiary/aromatic N) is 3. The SMILES string of the molecule is C=CCO[C@@]12Oc3ccc(Oc4ccc(SC)cc4)cc3[C@H]3[C@H](CCCCO)[C@@H](CCCCO)C=C(C(=NOC)C[C@@H]1N(Cc1ccc4c(c1)OCO4)C(=O)c1ccc(C#N)cc1)[C@H]32. The van der Waals surface area contributed by atoms with E-state index in [-0.39, 0.29) is 63.2 Å². The lowest BCUT2D eigenvalue weighted by molar-refractivity contribution is -0.255. The second-order valence-electron chi connectivity index (χ2n) is 16.5. The van der Waals surface area contributed by atoms with Crippen LogP contribution in [0, 0.1) is 29.1 Å². The highest BCUT2D eigenvalue weighted by Gasteiger charge is 2.65. The largest absolute Gasteiger partial charge is 0.459 e. The molecule has 1 fully saturated rings. The van der Waals surface area contributed by atoms with Gasteiger partial charge in [0, 0.05) is 48.1 Å². The van der Waals surface area contributed by atoms with E-state index in [4.69, 9.17) is 33.7 Å². The van der Waals surface area contributed by atoms with Gasteiger partial charge in [0.2, 0.25) is 12.6 Å². The summed E-state index contributed by atoms with van der Waals surface area (Å²) in [6.07, 6.45) is 10.8. The second kappa shape index (κ2) is 20.4. The van der Waals surface area contributed by atoms with Gasteiger partial charge >= 0.3 is 0 Å². The minimum atomic E-state index is -1.48. The molecule has 2 heterocycles. The number of unbranched alkanes of at least 4 members (excludes halogenated alkanes) is 2.